The molecule has 2 nitrogen and oxygen atoms in total. The molecule has 1 aliphatic rings. The van der Waals surface area contributed by atoms with E-state index in [4.69, 9.17) is 4.74 Å². The molecule has 0 radical (unpaired) electrons. The summed E-state index contributed by atoms with van der Waals surface area (Å²) >= 11 is 0. The maximum atomic E-state index is 5.71. The van der Waals surface area contributed by atoms with Crippen LogP contribution in [0.2, 0.25) is 0 Å². The first-order chi connectivity index (χ1) is 8.69. The van der Waals surface area contributed by atoms with Crippen molar-refractivity contribution in [2.75, 3.05) is 11.9 Å². The van der Waals surface area contributed by atoms with Crippen LogP contribution < -0.4 is 5.32 Å². The molecule has 0 saturated carbocycles. The van der Waals surface area contributed by atoms with Gasteiger partial charge in [-0.1, -0.05) is 32.9 Å². The highest BCUT2D eigenvalue weighted by Crippen LogP contribution is 2.22. The summed E-state index contributed by atoms with van der Waals surface area (Å²) in [5.74, 6) is 0.603. The molecule has 2 rings (SSSR count). The van der Waals surface area contributed by atoms with Gasteiger partial charge in [0.1, 0.15) is 0 Å². The number of rotatable bonds is 4. The predicted molar refractivity (Wildman–Crippen MR) is 77.2 cm³/mol. The fraction of sp³-hybridized carbons (Fsp3) is 0.625. The first kappa shape index (κ1) is 13.4. The van der Waals surface area contributed by atoms with E-state index in [1.165, 1.54) is 11.3 Å². The minimum atomic E-state index is 0.436. The van der Waals surface area contributed by atoms with Crippen LogP contribution in [0.1, 0.15) is 51.5 Å². The quantitative estimate of drug-likeness (QED) is 0.861. The van der Waals surface area contributed by atoms with Crippen LogP contribution in [-0.4, -0.2) is 18.8 Å². The minimum absolute atomic E-state index is 0.436. The second-order valence-electron chi connectivity index (χ2n) is 5.54. The molecule has 100 valence electrons. The summed E-state index contributed by atoms with van der Waals surface area (Å²) in [5.41, 5.74) is 2.64. The Labute approximate surface area is 111 Å². The summed E-state index contributed by atoms with van der Waals surface area (Å²) in [4.78, 5) is 0. The van der Waals surface area contributed by atoms with E-state index in [9.17, 15) is 0 Å². The molecule has 0 spiro atoms. The van der Waals surface area contributed by atoms with Gasteiger partial charge >= 0.3 is 0 Å². The Kier molecular flexibility index (Phi) is 4.65. The Hall–Kier alpha value is -1.02. The SMILES string of the molecule is CCC1CC(Nc2ccc(C(C)C)cc2)CCO1. The van der Waals surface area contributed by atoms with E-state index in [1.807, 2.05) is 0 Å². The zero-order chi connectivity index (χ0) is 13.0. The number of ether oxygens (including phenoxy) is 1. The first-order valence-electron chi connectivity index (χ1n) is 7.17. The molecule has 1 aliphatic heterocycles. The third-order valence-electron chi connectivity index (χ3n) is 3.77. The van der Waals surface area contributed by atoms with Gasteiger partial charge in [0, 0.05) is 18.3 Å². The Morgan fingerprint density at radius 3 is 2.61 bits per heavy atom. The van der Waals surface area contributed by atoms with Crippen LogP contribution in [0.5, 0.6) is 0 Å². The van der Waals surface area contributed by atoms with Crippen molar-refractivity contribution in [3.05, 3.63) is 29.8 Å². The van der Waals surface area contributed by atoms with E-state index in [2.05, 4.69) is 50.4 Å². The minimum Gasteiger partial charge on any atom is -0.382 e. The lowest BCUT2D eigenvalue weighted by Crippen LogP contribution is -2.33. The molecule has 0 amide bonds. The van der Waals surface area contributed by atoms with Crippen LogP contribution >= 0.6 is 0 Å². The van der Waals surface area contributed by atoms with Crippen LogP contribution in [0, 0.1) is 0 Å². The van der Waals surface area contributed by atoms with Crippen LogP contribution in [0.3, 0.4) is 0 Å². The third-order valence-corrected chi connectivity index (χ3v) is 3.77. The van der Waals surface area contributed by atoms with Gasteiger partial charge < -0.3 is 10.1 Å². The number of hydrogen-bond acceptors (Lipinski definition) is 2. The first-order valence-corrected chi connectivity index (χ1v) is 7.17. The van der Waals surface area contributed by atoms with Gasteiger partial charge in [0.05, 0.1) is 6.10 Å². The molecule has 0 aromatic heterocycles. The summed E-state index contributed by atoms with van der Waals surface area (Å²) in [7, 11) is 0. The second-order valence-corrected chi connectivity index (χ2v) is 5.54. The molecule has 18 heavy (non-hydrogen) atoms. The molecular weight excluding hydrogens is 222 g/mol. The monoisotopic (exact) mass is 247 g/mol. The predicted octanol–water partition coefficient (Wildman–Crippen LogP) is 4.18. The van der Waals surface area contributed by atoms with Crippen molar-refractivity contribution in [2.24, 2.45) is 0 Å². The maximum Gasteiger partial charge on any atom is 0.0592 e. The maximum absolute atomic E-state index is 5.71. The molecule has 1 fully saturated rings. The van der Waals surface area contributed by atoms with Crippen LogP contribution in [0.25, 0.3) is 0 Å². The van der Waals surface area contributed by atoms with Crippen molar-refractivity contribution in [1.82, 2.24) is 0 Å². The molecule has 0 aliphatic carbocycles. The number of nitrogens with one attached hydrogen (secondary N) is 1. The molecule has 1 N–H and O–H groups in total. The average molecular weight is 247 g/mol. The standard InChI is InChI=1S/C16H25NO/c1-4-16-11-15(9-10-18-16)17-14-7-5-13(6-8-14)12(2)3/h5-8,12,15-17H,4,9-11H2,1-3H3. The fourth-order valence-electron chi connectivity index (χ4n) is 2.50. The second kappa shape index (κ2) is 6.24. The van der Waals surface area contributed by atoms with Gasteiger partial charge in [0.25, 0.3) is 0 Å². The van der Waals surface area contributed by atoms with Crippen molar-refractivity contribution in [3.8, 4) is 0 Å². The Bertz CT molecular complexity index is 358. The molecular formula is C16H25NO. The van der Waals surface area contributed by atoms with Gasteiger partial charge in [-0.25, -0.2) is 0 Å². The summed E-state index contributed by atoms with van der Waals surface area (Å²) in [6.07, 6.45) is 3.79. The van der Waals surface area contributed by atoms with Gasteiger partial charge in [-0.3, -0.25) is 0 Å². The van der Waals surface area contributed by atoms with Crippen LogP contribution in [-0.2, 0) is 4.74 Å². The third kappa shape index (κ3) is 3.49. The molecule has 1 aromatic carbocycles. The van der Waals surface area contributed by atoms with Gasteiger partial charge in [0.15, 0.2) is 0 Å². The molecule has 1 heterocycles. The highest BCUT2D eigenvalue weighted by Gasteiger charge is 2.20. The topological polar surface area (TPSA) is 21.3 Å². The smallest absolute Gasteiger partial charge is 0.0592 e. The Balaban J connectivity index is 1.92. The number of hydrogen-bond donors (Lipinski definition) is 1. The van der Waals surface area contributed by atoms with E-state index in [1.54, 1.807) is 0 Å². The zero-order valence-corrected chi connectivity index (χ0v) is 11.8. The molecule has 2 unspecified atom stereocenters. The summed E-state index contributed by atoms with van der Waals surface area (Å²) in [6, 6.07) is 9.42. The van der Waals surface area contributed by atoms with Crippen molar-refractivity contribution >= 4 is 5.69 Å². The largest absolute Gasteiger partial charge is 0.382 e. The van der Waals surface area contributed by atoms with Gasteiger partial charge in [-0.05, 0) is 42.9 Å². The lowest BCUT2D eigenvalue weighted by atomic mass is 10.0. The van der Waals surface area contributed by atoms with E-state index >= 15 is 0 Å². The molecule has 2 atom stereocenters. The summed E-state index contributed by atoms with van der Waals surface area (Å²) in [5, 5.41) is 3.63. The van der Waals surface area contributed by atoms with Crippen molar-refractivity contribution in [1.29, 1.82) is 0 Å². The lowest BCUT2D eigenvalue weighted by Gasteiger charge is -2.30. The summed E-state index contributed by atoms with van der Waals surface area (Å²) in [6.45, 7) is 7.55. The molecule has 1 aromatic rings. The highest BCUT2D eigenvalue weighted by atomic mass is 16.5. The van der Waals surface area contributed by atoms with Crippen molar-refractivity contribution in [3.63, 3.8) is 0 Å². The normalized spacial score (nSPS) is 24.2. The van der Waals surface area contributed by atoms with E-state index in [0.717, 1.165) is 25.9 Å². The fourth-order valence-corrected chi connectivity index (χ4v) is 2.50. The highest BCUT2D eigenvalue weighted by molar-refractivity contribution is 5.46. The van der Waals surface area contributed by atoms with Crippen molar-refractivity contribution < 1.29 is 4.74 Å². The van der Waals surface area contributed by atoms with Crippen LogP contribution in [0.15, 0.2) is 24.3 Å². The van der Waals surface area contributed by atoms with Crippen molar-refractivity contribution in [2.45, 2.75) is 58.1 Å². The average Bonchev–Trinajstić information content (AvgIpc) is 2.39. The molecule has 2 heteroatoms. The Morgan fingerprint density at radius 2 is 2.00 bits per heavy atom. The van der Waals surface area contributed by atoms with Gasteiger partial charge in [-0.2, -0.15) is 0 Å². The van der Waals surface area contributed by atoms with Gasteiger partial charge in [-0.15, -0.1) is 0 Å². The molecule has 1 saturated heterocycles. The zero-order valence-electron chi connectivity index (χ0n) is 11.8. The van der Waals surface area contributed by atoms with Gasteiger partial charge in [0.2, 0.25) is 0 Å². The van der Waals surface area contributed by atoms with Crippen LogP contribution in [0.4, 0.5) is 5.69 Å². The Morgan fingerprint density at radius 1 is 1.28 bits per heavy atom. The number of benzene rings is 1. The van der Waals surface area contributed by atoms with E-state index in [-0.39, 0.29) is 0 Å². The van der Waals surface area contributed by atoms with E-state index < -0.39 is 0 Å². The lowest BCUT2D eigenvalue weighted by molar-refractivity contribution is 0.00926. The summed E-state index contributed by atoms with van der Waals surface area (Å²) < 4.78 is 5.71. The van der Waals surface area contributed by atoms with E-state index in [0.29, 0.717) is 18.1 Å². The molecule has 0 bridgehead atoms. The number of anilines is 1.